The summed E-state index contributed by atoms with van der Waals surface area (Å²) in [5.41, 5.74) is 0.134. The number of amides is 2. The predicted octanol–water partition coefficient (Wildman–Crippen LogP) is 3.55. The molecule has 2 heterocycles. The number of carbonyl (C=O) groups excluding carboxylic acids is 2. The van der Waals surface area contributed by atoms with E-state index in [0.717, 1.165) is 0 Å². The highest BCUT2D eigenvalue weighted by molar-refractivity contribution is 6.00. The highest BCUT2D eigenvalue weighted by atomic mass is 19.1. The van der Waals surface area contributed by atoms with Gasteiger partial charge in [0.1, 0.15) is 29.1 Å². The Balaban J connectivity index is 1.35. The van der Waals surface area contributed by atoms with Crippen molar-refractivity contribution >= 4 is 11.8 Å². The van der Waals surface area contributed by atoms with Gasteiger partial charge in [0.05, 0.1) is 17.5 Å². The zero-order chi connectivity index (χ0) is 21.3. The number of hydrogen-bond acceptors (Lipinski definition) is 4. The summed E-state index contributed by atoms with van der Waals surface area (Å²) in [7, 11) is 0. The van der Waals surface area contributed by atoms with Crippen LogP contribution in [0.25, 0.3) is 0 Å². The third-order valence-electron chi connectivity index (χ3n) is 5.61. The van der Waals surface area contributed by atoms with Gasteiger partial charge in [0.15, 0.2) is 5.78 Å². The smallest absolute Gasteiger partial charge is 0.317 e. The Bertz CT molecular complexity index is 1060. The van der Waals surface area contributed by atoms with Crippen LogP contribution in [0.2, 0.25) is 0 Å². The van der Waals surface area contributed by atoms with E-state index in [2.05, 4.69) is 5.32 Å². The Hall–Kier alpha value is -3.47. The molecule has 0 saturated carbocycles. The van der Waals surface area contributed by atoms with Crippen molar-refractivity contribution in [1.29, 1.82) is 5.26 Å². The van der Waals surface area contributed by atoms with Gasteiger partial charge in [-0.3, -0.25) is 4.79 Å². The summed E-state index contributed by atoms with van der Waals surface area (Å²) in [6.45, 7) is 0.981. The first-order valence-corrected chi connectivity index (χ1v) is 9.62. The monoisotopic (exact) mass is 411 g/mol. The van der Waals surface area contributed by atoms with E-state index in [4.69, 9.17) is 10.00 Å². The maximum atomic E-state index is 13.4. The molecule has 2 aliphatic heterocycles. The second kappa shape index (κ2) is 7.75. The summed E-state index contributed by atoms with van der Waals surface area (Å²) in [4.78, 5) is 26.6. The van der Waals surface area contributed by atoms with Gasteiger partial charge >= 0.3 is 6.03 Å². The van der Waals surface area contributed by atoms with Gasteiger partial charge in [-0.15, -0.1) is 0 Å². The number of urea groups is 1. The van der Waals surface area contributed by atoms with Gasteiger partial charge in [-0.25, -0.2) is 13.6 Å². The molecule has 2 aromatic carbocycles. The summed E-state index contributed by atoms with van der Waals surface area (Å²) in [6.07, 6.45) is 1.13. The highest BCUT2D eigenvalue weighted by Crippen LogP contribution is 2.39. The van der Waals surface area contributed by atoms with E-state index in [1.807, 2.05) is 0 Å². The van der Waals surface area contributed by atoms with Crippen LogP contribution in [0.15, 0.2) is 36.4 Å². The molecule has 2 aromatic rings. The van der Waals surface area contributed by atoms with Crippen molar-refractivity contribution in [2.75, 3.05) is 13.1 Å². The number of ether oxygens (including phenoxy) is 1. The SMILES string of the molecule is N#Cc1cc(CNC(=O)N2CCC3(CC2)CC(=O)c2cc(F)ccc2O3)ccc1F. The number of carbonyl (C=O) groups is 2. The van der Waals surface area contributed by atoms with Gasteiger partial charge < -0.3 is 15.0 Å². The molecular formula is C22H19F2N3O3. The van der Waals surface area contributed by atoms with Crippen LogP contribution >= 0.6 is 0 Å². The Kier molecular flexibility index (Phi) is 5.12. The molecule has 154 valence electrons. The van der Waals surface area contributed by atoms with Gasteiger partial charge in [-0.1, -0.05) is 6.07 Å². The lowest BCUT2D eigenvalue weighted by Crippen LogP contribution is -2.54. The lowest BCUT2D eigenvalue weighted by molar-refractivity contribution is -0.000806. The molecule has 1 fully saturated rings. The average molecular weight is 411 g/mol. The van der Waals surface area contributed by atoms with Gasteiger partial charge in [0.25, 0.3) is 0 Å². The Morgan fingerprint density at radius 3 is 2.70 bits per heavy atom. The number of benzene rings is 2. The molecule has 2 aliphatic rings. The molecule has 6 nitrogen and oxygen atoms in total. The summed E-state index contributed by atoms with van der Waals surface area (Å²) < 4.78 is 32.9. The largest absolute Gasteiger partial charge is 0.486 e. The van der Waals surface area contributed by atoms with E-state index in [1.54, 1.807) is 11.0 Å². The van der Waals surface area contributed by atoms with Crippen LogP contribution in [-0.4, -0.2) is 35.4 Å². The predicted molar refractivity (Wildman–Crippen MR) is 103 cm³/mol. The number of nitrogens with zero attached hydrogens (tertiary/aromatic N) is 2. The highest BCUT2D eigenvalue weighted by Gasteiger charge is 2.43. The van der Waals surface area contributed by atoms with Crippen molar-refractivity contribution in [3.05, 3.63) is 64.7 Å². The number of likely N-dealkylation sites (tertiary alicyclic amines) is 1. The molecule has 4 rings (SSSR count). The zero-order valence-electron chi connectivity index (χ0n) is 16.1. The van der Waals surface area contributed by atoms with E-state index in [9.17, 15) is 18.4 Å². The fourth-order valence-electron chi connectivity index (χ4n) is 3.92. The zero-order valence-corrected chi connectivity index (χ0v) is 16.1. The van der Waals surface area contributed by atoms with E-state index in [-0.39, 0.29) is 35.9 Å². The van der Waals surface area contributed by atoms with Crippen LogP contribution in [0, 0.1) is 23.0 Å². The number of halogens is 2. The molecule has 1 spiro atoms. The maximum Gasteiger partial charge on any atom is 0.317 e. The quantitative estimate of drug-likeness (QED) is 0.820. The van der Waals surface area contributed by atoms with Crippen LogP contribution in [0.1, 0.15) is 40.7 Å². The number of Topliss-reactive ketones (excluding diaryl/α,β-unsaturated/α-hetero) is 1. The molecule has 2 amide bonds. The lowest BCUT2D eigenvalue weighted by Gasteiger charge is -2.43. The third kappa shape index (κ3) is 3.83. The molecular weight excluding hydrogens is 392 g/mol. The third-order valence-corrected chi connectivity index (χ3v) is 5.61. The van der Waals surface area contributed by atoms with Gasteiger partial charge in [0, 0.05) is 32.5 Å². The molecule has 1 N–H and O–H groups in total. The molecule has 0 unspecified atom stereocenters. The van der Waals surface area contributed by atoms with Crippen LogP contribution in [-0.2, 0) is 6.54 Å². The van der Waals surface area contributed by atoms with E-state index in [1.165, 1.54) is 36.4 Å². The molecule has 0 atom stereocenters. The number of rotatable bonds is 2. The molecule has 8 heteroatoms. The number of piperidine rings is 1. The molecule has 1 saturated heterocycles. The fraction of sp³-hybridized carbons (Fsp3) is 0.318. The van der Waals surface area contributed by atoms with Crippen molar-refractivity contribution in [3.8, 4) is 11.8 Å². The first-order chi connectivity index (χ1) is 14.4. The number of hydrogen-bond donors (Lipinski definition) is 1. The van der Waals surface area contributed by atoms with Crippen LogP contribution in [0.4, 0.5) is 13.6 Å². The minimum atomic E-state index is -0.683. The van der Waals surface area contributed by atoms with Crippen molar-refractivity contribution in [2.24, 2.45) is 0 Å². The Morgan fingerprint density at radius 1 is 1.20 bits per heavy atom. The number of nitrogens with one attached hydrogen (secondary N) is 1. The topological polar surface area (TPSA) is 82.4 Å². The van der Waals surface area contributed by atoms with Crippen LogP contribution in [0.3, 0.4) is 0 Å². The molecule has 0 aromatic heterocycles. The number of ketones is 1. The summed E-state index contributed by atoms with van der Waals surface area (Å²) in [5, 5.41) is 11.7. The molecule has 0 aliphatic carbocycles. The maximum absolute atomic E-state index is 13.4. The van der Waals surface area contributed by atoms with Gasteiger partial charge in [0.2, 0.25) is 0 Å². The van der Waals surface area contributed by atoms with E-state index < -0.39 is 17.2 Å². The normalized spacial score (nSPS) is 17.1. The summed E-state index contributed by atoms with van der Waals surface area (Å²) >= 11 is 0. The molecule has 0 bridgehead atoms. The fourth-order valence-corrected chi connectivity index (χ4v) is 3.92. The van der Waals surface area contributed by atoms with Gasteiger partial charge in [-0.2, -0.15) is 5.26 Å². The number of fused-ring (bicyclic) bond motifs is 1. The minimum Gasteiger partial charge on any atom is -0.486 e. The van der Waals surface area contributed by atoms with Crippen molar-refractivity contribution in [2.45, 2.75) is 31.4 Å². The number of nitriles is 1. The standard InChI is InChI=1S/C22H19F2N3O3/c23-16-2-4-20-17(10-16)19(28)11-22(30-20)5-7-27(8-6-22)21(29)26-13-14-1-3-18(24)15(9-14)12-25/h1-4,9-10H,5-8,11,13H2,(H,26,29). The Labute approximate surface area is 172 Å². The molecule has 30 heavy (non-hydrogen) atoms. The first kappa shape index (κ1) is 19.8. The minimum absolute atomic E-state index is 0.0686. The lowest BCUT2D eigenvalue weighted by atomic mass is 9.82. The van der Waals surface area contributed by atoms with Crippen molar-refractivity contribution in [3.63, 3.8) is 0 Å². The first-order valence-electron chi connectivity index (χ1n) is 9.62. The summed E-state index contributed by atoms with van der Waals surface area (Å²) in [5.74, 6) is -0.843. The Morgan fingerprint density at radius 2 is 1.97 bits per heavy atom. The van der Waals surface area contributed by atoms with Crippen LogP contribution in [0.5, 0.6) is 5.75 Å². The van der Waals surface area contributed by atoms with Crippen molar-refractivity contribution in [1.82, 2.24) is 10.2 Å². The average Bonchev–Trinajstić information content (AvgIpc) is 2.74. The van der Waals surface area contributed by atoms with E-state index in [0.29, 0.717) is 37.2 Å². The van der Waals surface area contributed by atoms with Crippen molar-refractivity contribution < 1.29 is 23.1 Å². The second-order valence-electron chi connectivity index (χ2n) is 7.60. The second-order valence-corrected chi connectivity index (χ2v) is 7.60. The molecule has 0 radical (unpaired) electrons. The van der Waals surface area contributed by atoms with E-state index >= 15 is 0 Å². The van der Waals surface area contributed by atoms with Crippen LogP contribution < -0.4 is 10.1 Å². The summed E-state index contributed by atoms with van der Waals surface area (Å²) in [6, 6.07) is 9.55. The van der Waals surface area contributed by atoms with Gasteiger partial charge in [-0.05, 0) is 35.9 Å².